The predicted octanol–water partition coefficient (Wildman–Crippen LogP) is 4.13. The molecule has 2 heterocycles. The second-order valence-electron chi connectivity index (χ2n) is 10.2. The minimum atomic E-state index is -3.35. The van der Waals surface area contributed by atoms with Gasteiger partial charge in [-0.25, -0.2) is 18.4 Å². The molecule has 1 fully saturated rings. The number of allylic oxidation sites excluding steroid dienone is 4. The van der Waals surface area contributed by atoms with Crippen molar-refractivity contribution in [3.05, 3.63) is 65.1 Å². The highest BCUT2D eigenvalue weighted by Crippen LogP contribution is 2.47. The number of nitrogens with two attached hydrogens (primary N) is 1. The maximum atomic E-state index is 13.6. The van der Waals surface area contributed by atoms with Crippen molar-refractivity contribution in [1.29, 1.82) is 0 Å². The van der Waals surface area contributed by atoms with E-state index in [0.717, 1.165) is 42.7 Å². The van der Waals surface area contributed by atoms with E-state index in [9.17, 15) is 13.2 Å². The third-order valence-corrected chi connectivity index (χ3v) is 9.52. The zero-order valence-corrected chi connectivity index (χ0v) is 21.9. The van der Waals surface area contributed by atoms with Gasteiger partial charge in [-0.15, -0.1) is 0 Å². The van der Waals surface area contributed by atoms with Crippen LogP contribution in [-0.2, 0) is 16.3 Å². The van der Waals surface area contributed by atoms with E-state index in [1.165, 1.54) is 12.6 Å². The molecule has 3 aliphatic rings. The van der Waals surface area contributed by atoms with Crippen molar-refractivity contribution < 1.29 is 13.2 Å². The molecule has 0 saturated heterocycles. The zero-order valence-electron chi connectivity index (χ0n) is 20.4. The molecule has 5 rings (SSSR count). The summed E-state index contributed by atoms with van der Waals surface area (Å²) in [5.41, 5.74) is 8.82. The molecule has 0 spiro atoms. The van der Waals surface area contributed by atoms with E-state index in [1.807, 2.05) is 17.0 Å². The van der Waals surface area contributed by atoms with Crippen LogP contribution in [-0.4, -0.2) is 54.6 Å². The topological polar surface area (TPSA) is 106 Å². The van der Waals surface area contributed by atoms with Crippen LogP contribution in [0.5, 0.6) is 0 Å². The Bertz CT molecular complexity index is 1350. The van der Waals surface area contributed by atoms with Crippen molar-refractivity contribution in [2.24, 2.45) is 17.1 Å². The van der Waals surface area contributed by atoms with Crippen molar-refractivity contribution in [2.45, 2.75) is 49.5 Å². The number of hydrogen-bond acceptors (Lipinski definition) is 6. The molecule has 36 heavy (non-hydrogen) atoms. The van der Waals surface area contributed by atoms with Gasteiger partial charge in [0.05, 0.1) is 10.6 Å². The van der Waals surface area contributed by atoms with E-state index < -0.39 is 9.84 Å². The third kappa shape index (κ3) is 4.62. The van der Waals surface area contributed by atoms with Crippen LogP contribution >= 0.6 is 11.6 Å². The van der Waals surface area contributed by atoms with Crippen molar-refractivity contribution >= 4 is 27.3 Å². The molecule has 1 aromatic heterocycles. The number of benzene rings is 1. The Morgan fingerprint density at radius 3 is 2.64 bits per heavy atom. The van der Waals surface area contributed by atoms with E-state index in [1.54, 1.807) is 18.2 Å². The summed E-state index contributed by atoms with van der Waals surface area (Å²) in [6, 6.07) is 6.85. The molecule has 0 bridgehead atoms. The minimum absolute atomic E-state index is 0.0120. The highest BCUT2D eigenvalue weighted by atomic mass is 35.5. The van der Waals surface area contributed by atoms with Gasteiger partial charge in [0.15, 0.2) is 9.84 Å². The number of halogens is 1. The number of hydrogen-bond donors (Lipinski definition) is 1. The van der Waals surface area contributed by atoms with Gasteiger partial charge in [0.1, 0.15) is 12.0 Å². The van der Waals surface area contributed by atoms with E-state index in [0.29, 0.717) is 42.4 Å². The van der Waals surface area contributed by atoms with Crippen LogP contribution in [0.3, 0.4) is 0 Å². The first-order valence-electron chi connectivity index (χ1n) is 12.4. The number of carbonyl (C=O) groups excluding carboxylic acids is 1. The summed E-state index contributed by atoms with van der Waals surface area (Å²) in [4.78, 5) is 24.6. The molecule has 1 saturated carbocycles. The molecule has 190 valence electrons. The first-order valence-corrected chi connectivity index (χ1v) is 14.7. The van der Waals surface area contributed by atoms with Crippen LogP contribution < -0.4 is 5.73 Å². The SMILES string of the molecule is CS(=O)(=O)c1cccc(-c2ncnc3c2CCN([C@H]2CC[C@](CN)(C4C=C(Cl)C=CC4)CC2)C3=O)c1. The quantitative estimate of drug-likeness (QED) is 0.627. The summed E-state index contributed by atoms with van der Waals surface area (Å²) >= 11 is 6.29. The maximum Gasteiger partial charge on any atom is 0.273 e. The average molecular weight is 527 g/mol. The highest BCUT2D eigenvalue weighted by Gasteiger charge is 2.43. The standard InChI is InChI=1S/C27H31ClN4O3S/c1-36(34,35)22-7-2-4-18(14-22)24-23-10-13-32(26(33)25(23)31-17-30-24)21-8-11-27(16-29,12-9-21)19-5-3-6-20(28)15-19/h2-4,6-7,14-15,17,19,21H,5,8-13,16,29H2,1H3/t19?,21-,27-. The third-order valence-electron chi connectivity index (χ3n) is 8.16. The molecule has 1 atom stereocenters. The molecule has 7 nitrogen and oxygen atoms in total. The lowest BCUT2D eigenvalue weighted by atomic mass is 9.63. The van der Waals surface area contributed by atoms with Crippen LogP contribution in [0.1, 0.15) is 48.2 Å². The summed E-state index contributed by atoms with van der Waals surface area (Å²) in [6.45, 7) is 1.20. The Morgan fingerprint density at radius 1 is 1.19 bits per heavy atom. The number of aromatic nitrogens is 2. The molecule has 2 N–H and O–H groups in total. The molecule has 0 radical (unpaired) electrons. The monoisotopic (exact) mass is 526 g/mol. The second-order valence-corrected chi connectivity index (χ2v) is 12.6. The Morgan fingerprint density at radius 2 is 1.94 bits per heavy atom. The van der Waals surface area contributed by atoms with Gasteiger partial charge in [0, 0.05) is 35.0 Å². The van der Waals surface area contributed by atoms with Gasteiger partial charge in [-0.05, 0) is 74.6 Å². The first kappa shape index (κ1) is 25.1. The maximum absolute atomic E-state index is 13.6. The van der Waals surface area contributed by atoms with Gasteiger partial charge in [0.25, 0.3) is 5.91 Å². The first-order chi connectivity index (χ1) is 17.2. The van der Waals surface area contributed by atoms with Gasteiger partial charge < -0.3 is 10.6 Å². The molecule has 9 heteroatoms. The van der Waals surface area contributed by atoms with Gasteiger partial charge in [-0.2, -0.15) is 0 Å². The fourth-order valence-electron chi connectivity index (χ4n) is 6.06. The van der Waals surface area contributed by atoms with Crippen LogP contribution in [0.15, 0.2) is 58.7 Å². The lowest BCUT2D eigenvalue weighted by Crippen LogP contribution is -2.50. The average Bonchev–Trinajstić information content (AvgIpc) is 2.88. The molecule has 1 unspecified atom stereocenters. The largest absolute Gasteiger partial charge is 0.334 e. The number of carbonyl (C=O) groups is 1. The fraction of sp³-hybridized carbons (Fsp3) is 0.444. The molecule has 2 aromatic rings. The van der Waals surface area contributed by atoms with Crippen molar-refractivity contribution in [3.63, 3.8) is 0 Å². The Labute approximate surface area is 217 Å². The fourth-order valence-corrected chi connectivity index (χ4v) is 6.97. The summed E-state index contributed by atoms with van der Waals surface area (Å²) < 4.78 is 24.1. The summed E-state index contributed by atoms with van der Waals surface area (Å²) in [7, 11) is -3.35. The molecule has 1 aliphatic heterocycles. The van der Waals surface area contributed by atoms with Crippen LogP contribution in [0, 0.1) is 11.3 Å². The van der Waals surface area contributed by atoms with E-state index in [-0.39, 0.29) is 22.3 Å². The molecule has 1 aromatic carbocycles. The molecule has 2 aliphatic carbocycles. The smallest absolute Gasteiger partial charge is 0.273 e. The van der Waals surface area contributed by atoms with E-state index in [4.69, 9.17) is 17.3 Å². The Kier molecular flexibility index (Phi) is 6.78. The Balaban J connectivity index is 1.36. The highest BCUT2D eigenvalue weighted by molar-refractivity contribution is 7.90. The van der Waals surface area contributed by atoms with Gasteiger partial charge >= 0.3 is 0 Å². The molecule has 1 amide bonds. The number of sulfone groups is 1. The molecular formula is C27H31ClN4O3S. The van der Waals surface area contributed by atoms with Crippen molar-refractivity contribution in [2.75, 3.05) is 19.3 Å². The van der Waals surface area contributed by atoms with E-state index in [2.05, 4.69) is 22.1 Å². The number of fused-ring (bicyclic) bond motifs is 1. The second kappa shape index (κ2) is 9.72. The van der Waals surface area contributed by atoms with Crippen molar-refractivity contribution in [3.8, 4) is 11.3 Å². The number of nitrogens with zero attached hydrogens (tertiary/aromatic N) is 3. The van der Waals surface area contributed by atoms with Gasteiger partial charge in [-0.1, -0.05) is 35.9 Å². The molecular weight excluding hydrogens is 496 g/mol. The summed E-state index contributed by atoms with van der Waals surface area (Å²) in [5, 5.41) is 0.779. The van der Waals surface area contributed by atoms with E-state index >= 15 is 0 Å². The number of rotatable bonds is 5. The minimum Gasteiger partial charge on any atom is -0.334 e. The lowest BCUT2D eigenvalue weighted by molar-refractivity contribution is 0.0431. The van der Waals surface area contributed by atoms with Gasteiger partial charge in [0.2, 0.25) is 0 Å². The normalized spacial score (nSPS) is 26.5. The van der Waals surface area contributed by atoms with Crippen LogP contribution in [0.2, 0.25) is 0 Å². The number of amides is 1. The Hall–Kier alpha value is -2.55. The zero-order chi connectivity index (χ0) is 25.5. The van der Waals surface area contributed by atoms with Crippen LogP contribution in [0.25, 0.3) is 11.3 Å². The van der Waals surface area contributed by atoms with Crippen LogP contribution in [0.4, 0.5) is 0 Å². The lowest BCUT2D eigenvalue weighted by Gasteiger charge is -2.47. The summed E-state index contributed by atoms with van der Waals surface area (Å²) in [5.74, 6) is 0.254. The van der Waals surface area contributed by atoms with Gasteiger partial charge in [-0.3, -0.25) is 4.79 Å². The van der Waals surface area contributed by atoms with Crippen molar-refractivity contribution in [1.82, 2.24) is 14.9 Å². The summed E-state index contributed by atoms with van der Waals surface area (Å²) in [6.07, 6.45) is 14.1. The predicted molar refractivity (Wildman–Crippen MR) is 140 cm³/mol.